The number of likely N-dealkylation sites (N-methyl/N-ethyl adjacent to an activating group) is 1. The molecule has 1 fully saturated rings. The molecule has 0 bridgehead atoms. The fourth-order valence-electron chi connectivity index (χ4n) is 3.45. The zero-order chi connectivity index (χ0) is 21.2. The third-order valence-electron chi connectivity index (χ3n) is 5.12. The van der Waals surface area contributed by atoms with E-state index in [0.717, 1.165) is 52.4 Å². The Morgan fingerprint density at radius 1 is 1.07 bits per heavy atom. The van der Waals surface area contributed by atoms with E-state index in [-0.39, 0.29) is 24.0 Å². The van der Waals surface area contributed by atoms with Gasteiger partial charge >= 0.3 is 0 Å². The molecule has 2 atom stereocenters. The Bertz CT molecular complexity index is 636. The van der Waals surface area contributed by atoms with Gasteiger partial charge in [0.25, 0.3) is 0 Å². The van der Waals surface area contributed by atoms with Crippen molar-refractivity contribution in [3.05, 3.63) is 33.8 Å². The van der Waals surface area contributed by atoms with Gasteiger partial charge in [0.2, 0.25) is 0 Å². The molecule has 0 amide bonds. The molecule has 6 nitrogen and oxygen atoms in total. The summed E-state index contributed by atoms with van der Waals surface area (Å²) in [6, 6.07) is 5.11. The Morgan fingerprint density at radius 3 is 2.23 bits per heavy atom. The van der Waals surface area contributed by atoms with Crippen molar-refractivity contribution in [3.8, 4) is 0 Å². The van der Waals surface area contributed by atoms with Crippen molar-refractivity contribution in [2.75, 3.05) is 58.9 Å². The van der Waals surface area contributed by atoms with E-state index in [1.54, 1.807) is 18.2 Å². The summed E-state index contributed by atoms with van der Waals surface area (Å²) in [5.74, 6) is 1.18. The molecule has 3 N–H and O–H groups in total. The molecule has 30 heavy (non-hydrogen) atoms. The van der Waals surface area contributed by atoms with Gasteiger partial charge in [0.15, 0.2) is 5.96 Å². The van der Waals surface area contributed by atoms with Crippen molar-refractivity contribution < 1.29 is 5.11 Å². The minimum atomic E-state index is -0.720. The lowest BCUT2D eigenvalue weighted by Crippen LogP contribution is -2.47. The van der Waals surface area contributed by atoms with E-state index in [0.29, 0.717) is 34.0 Å². The number of aliphatic imine (C=N–C) groups is 1. The van der Waals surface area contributed by atoms with Crippen LogP contribution in [0.4, 0.5) is 0 Å². The highest BCUT2D eigenvalue weighted by molar-refractivity contribution is 14.0. The second-order valence-corrected chi connectivity index (χ2v) is 8.53. The molecule has 0 saturated carbocycles. The smallest absolute Gasteiger partial charge is 0.191 e. The zero-order valence-corrected chi connectivity index (χ0v) is 22.0. The Morgan fingerprint density at radius 2 is 1.67 bits per heavy atom. The number of nitrogens with one attached hydrogen (secondary N) is 2. The number of aliphatic hydroxyl groups is 1. The molecule has 1 aromatic carbocycles. The van der Waals surface area contributed by atoms with Gasteiger partial charge in [0, 0.05) is 62.4 Å². The lowest BCUT2D eigenvalue weighted by Gasteiger charge is -2.35. The van der Waals surface area contributed by atoms with Crippen molar-refractivity contribution in [2.45, 2.75) is 26.9 Å². The normalized spacial score (nSPS) is 17.9. The molecule has 2 rings (SSSR count). The number of hydrogen-bond donors (Lipinski definition) is 3. The van der Waals surface area contributed by atoms with E-state index in [9.17, 15) is 5.11 Å². The predicted molar refractivity (Wildman–Crippen MR) is 139 cm³/mol. The third kappa shape index (κ3) is 9.87. The van der Waals surface area contributed by atoms with Gasteiger partial charge in [-0.1, -0.05) is 37.0 Å². The van der Waals surface area contributed by atoms with Gasteiger partial charge in [-0.15, -0.1) is 24.0 Å². The second kappa shape index (κ2) is 14.7. The lowest BCUT2D eigenvalue weighted by atomic mass is 10.1. The van der Waals surface area contributed by atoms with Crippen molar-refractivity contribution >= 4 is 53.1 Å². The topological polar surface area (TPSA) is 63.1 Å². The number of hydrogen-bond acceptors (Lipinski definition) is 4. The van der Waals surface area contributed by atoms with Crippen LogP contribution in [0.5, 0.6) is 0 Å². The maximum Gasteiger partial charge on any atom is 0.191 e. The van der Waals surface area contributed by atoms with Crippen LogP contribution < -0.4 is 10.6 Å². The van der Waals surface area contributed by atoms with Crippen molar-refractivity contribution in [1.29, 1.82) is 0 Å². The standard InChI is InChI=1S/C21H35Cl2N5O.HI/c1-4-24-21(26-14-20(29)17-10-18(22)12-19(23)11-17)25-13-16(3)15-28-8-6-27(5-2)7-9-28;/h10-12,16,20,29H,4-9,13-15H2,1-3H3,(H2,24,25,26);1H. The van der Waals surface area contributed by atoms with Crippen LogP contribution in [-0.2, 0) is 0 Å². The van der Waals surface area contributed by atoms with Gasteiger partial charge in [0.05, 0.1) is 6.10 Å². The molecule has 1 saturated heterocycles. The summed E-state index contributed by atoms with van der Waals surface area (Å²) >= 11 is 12.1. The fourth-order valence-corrected chi connectivity index (χ4v) is 4.00. The average molecular weight is 572 g/mol. The Kier molecular flexibility index (Phi) is 13.6. The molecule has 1 aliphatic rings. The van der Waals surface area contributed by atoms with Crippen LogP contribution in [0.25, 0.3) is 0 Å². The lowest BCUT2D eigenvalue weighted by molar-refractivity contribution is 0.125. The highest BCUT2D eigenvalue weighted by atomic mass is 127. The summed E-state index contributed by atoms with van der Waals surface area (Å²) in [4.78, 5) is 9.72. The van der Waals surface area contributed by atoms with E-state index in [1.165, 1.54) is 0 Å². The number of halogens is 3. The number of guanidine groups is 1. The van der Waals surface area contributed by atoms with Crippen LogP contribution >= 0.6 is 47.2 Å². The molecule has 0 radical (unpaired) electrons. The highest BCUT2D eigenvalue weighted by Gasteiger charge is 2.17. The molecule has 2 unspecified atom stereocenters. The Balaban J connectivity index is 0.00000450. The average Bonchev–Trinajstić information content (AvgIpc) is 2.69. The Hall–Kier alpha value is -0.320. The number of benzene rings is 1. The number of nitrogens with zero attached hydrogens (tertiary/aromatic N) is 3. The zero-order valence-electron chi connectivity index (χ0n) is 18.2. The summed E-state index contributed by atoms with van der Waals surface area (Å²) in [7, 11) is 0. The summed E-state index contributed by atoms with van der Waals surface area (Å²) in [6.07, 6.45) is -0.720. The number of rotatable bonds is 9. The molecule has 1 heterocycles. The Labute approximate surface area is 208 Å². The summed E-state index contributed by atoms with van der Waals surface area (Å²) in [6.45, 7) is 15.1. The highest BCUT2D eigenvalue weighted by Crippen LogP contribution is 2.23. The van der Waals surface area contributed by atoms with Gasteiger partial charge in [0.1, 0.15) is 0 Å². The minimum absolute atomic E-state index is 0. The van der Waals surface area contributed by atoms with Crippen LogP contribution in [0.2, 0.25) is 10.0 Å². The summed E-state index contributed by atoms with van der Waals surface area (Å²) in [5, 5.41) is 17.9. The predicted octanol–water partition coefficient (Wildman–Crippen LogP) is 3.47. The van der Waals surface area contributed by atoms with Crippen LogP contribution in [0.15, 0.2) is 23.2 Å². The van der Waals surface area contributed by atoms with Crippen molar-refractivity contribution in [3.63, 3.8) is 0 Å². The SMILES string of the molecule is CCNC(=NCC(C)CN1CCN(CC)CC1)NCC(O)c1cc(Cl)cc(Cl)c1.I. The first-order valence-corrected chi connectivity index (χ1v) is 11.3. The molecule has 0 aromatic heterocycles. The molecular weight excluding hydrogens is 536 g/mol. The molecule has 1 aliphatic heterocycles. The van der Waals surface area contributed by atoms with Gasteiger partial charge in [-0.3, -0.25) is 4.99 Å². The number of aliphatic hydroxyl groups excluding tert-OH is 1. The van der Waals surface area contributed by atoms with Crippen LogP contribution in [0.1, 0.15) is 32.4 Å². The van der Waals surface area contributed by atoms with Crippen LogP contribution in [0, 0.1) is 5.92 Å². The molecule has 9 heteroatoms. The molecular formula is C21H36Cl2IN5O. The monoisotopic (exact) mass is 571 g/mol. The quantitative estimate of drug-likeness (QED) is 0.241. The van der Waals surface area contributed by atoms with E-state index < -0.39 is 6.10 Å². The van der Waals surface area contributed by atoms with E-state index in [4.69, 9.17) is 28.2 Å². The van der Waals surface area contributed by atoms with Crippen molar-refractivity contribution in [2.24, 2.45) is 10.9 Å². The van der Waals surface area contributed by atoms with Gasteiger partial charge in [-0.25, -0.2) is 0 Å². The van der Waals surface area contributed by atoms with E-state index in [1.807, 2.05) is 6.92 Å². The molecule has 0 spiro atoms. The van der Waals surface area contributed by atoms with E-state index >= 15 is 0 Å². The first-order chi connectivity index (χ1) is 13.9. The first-order valence-electron chi connectivity index (χ1n) is 10.5. The fraction of sp³-hybridized carbons (Fsp3) is 0.667. The maximum absolute atomic E-state index is 10.4. The first kappa shape index (κ1) is 27.7. The van der Waals surface area contributed by atoms with Crippen LogP contribution in [-0.4, -0.2) is 79.8 Å². The third-order valence-corrected chi connectivity index (χ3v) is 5.56. The van der Waals surface area contributed by atoms with E-state index in [2.05, 4.69) is 34.3 Å². The van der Waals surface area contributed by atoms with Crippen LogP contribution in [0.3, 0.4) is 0 Å². The molecule has 1 aromatic rings. The van der Waals surface area contributed by atoms with Gasteiger partial charge < -0.3 is 25.5 Å². The minimum Gasteiger partial charge on any atom is -0.387 e. The largest absolute Gasteiger partial charge is 0.387 e. The van der Waals surface area contributed by atoms with Crippen molar-refractivity contribution in [1.82, 2.24) is 20.4 Å². The van der Waals surface area contributed by atoms with Gasteiger partial charge in [-0.05, 0) is 43.1 Å². The number of piperazine rings is 1. The van der Waals surface area contributed by atoms with Gasteiger partial charge in [-0.2, -0.15) is 0 Å². The molecule has 0 aliphatic carbocycles. The second-order valence-electron chi connectivity index (χ2n) is 7.66. The maximum atomic E-state index is 10.4. The molecule has 172 valence electrons. The summed E-state index contributed by atoms with van der Waals surface area (Å²) in [5.41, 5.74) is 0.686. The summed E-state index contributed by atoms with van der Waals surface area (Å²) < 4.78 is 0.